The van der Waals surface area contributed by atoms with Crippen molar-refractivity contribution in [3.63, 3.8) is 0 Å². The largest absolute Gasteiger partial charge is 0.224 e. The molecule has 0 atom stereocenters. The van der Waals surface area contributed by atoms with Crippen molar-refractivity contribution in [2.45, 2.75) is 6.42 Å². The van der Waals surface area contributed by atoms with Crippen molar-refractivity contribution >= 4 is 21.4 Å². The summed E-state index contributed by atoms with van der Waals surface area (Å²) in [7, 11) is -3.01. The topological polar surface area (TPSA) is 34.1 Å². The SMILES string of the molecule is CS(=O)(=O)C1=CC=C(Cl)C1. The first-order valence-electron chi connectivity index (χ1n) is 2.75. The van der Waals surface area contributed by atoms with Crippen LogP contribution in [-0.4, -0.2) is 14.7 Å². The molecule has 0 saturated carbocycles. The molecular weight excluding hydrogens is 172 g/mol. The average molecular weight is 179 g/mol. The standard InChI is InChI=1S/C6H7ClO2S/c1-10(8,9)6-3-2-5(7)4-6/h2-3H,4H2,1H3. The lowest BCUT2D eigenvalue weighted by atomic mass is 10.5. The van der Waals surface area contributed by atoms with Gasteiger partial charge in [0.1, 0.15) is 0 Å². The summed E-state index contributed by atoms with van der Waals surface area (Å²) in [6, 6.07) is 0. The van der Waals surface area contributed by atoms with Crippen LogP contribution in [-0.2, 0) is 9.84 Å². The third-order valence-electron chi connectivity index (χ3n) is 1.27. The fourth-order valence-corrected chi connectivity index (χ4v) is 1.74. The van der Waals surface area contributed by atoms with Crippen LogP contribution >= 0.6 is 11.6 Å². The minimum atomic E-state index is -3.01. The highest BCUT2D eigenvalue weighted by Crippen LogP contribution is 2.24. The molecule has 0 aromatic heterocycles. The molecule has 0 aromatic rings. The molecule has 1 aliphatic carbocycles. The second-order valence-corrected chi connectivity index (χ2v) is 4.75. The van der Waals surface area contributed by atoms with Gasteiger partial charge in [0.05, 0.1) is 0 Å². The summed E-state index contributed by atoms with van der Waals surface area (Å²) in [5.41, 5.74) is 0. The van der Waals surface area contributed by atoms with Crippen LogP contribution in [0.5, 0.6) is 0 Å². The van der Waals surface area contributed by atoms with E-state index in [1.54, 1.807) is 6.08 Å². The molecule has 0 bridgehead atoms. The Morgan fingerprint density at radius 1 is 1.50 bits per heavy atom. The summed E-state index contributed by atoms with van der Waals surface area (Å²) in [4.78, 5) is 0.400. The predicted octanol–water partition coefficient (Wildman–Crippen LogP) is 1.44. The molecular formula is C6H7ClO2S. The lowest BCUT2D eigenvalue weighted by molar-refractivity contribution is 0.607. The van der Waals surface area contributed by atoms with Gasteiger partial charge in [-0.25, -0.2) is 8.42 Å². The molecule has 0 saturated heterocycles. The molecule has 1 aliphatic rings. The van der Waals surface area contributed by atoms with Gasteiger partial charge in [-0.05, 0) is 12.2 Å². The van der Waals surface area contributed by atoms with Crippen molar-refractivity contribution in [2.24, 2.45) is 0 Å². The number of sulfone groups is 1. The van der Waals surface area contributed by atoms with E-state index in [9.17, 15) is 8.42 Å². The first-order valence-corrected chi connectivity index (χ1v) is 5.02. The van der Waals surface area contributed by atoms with E-state index in [0.29, 0.717) is 16.4 Å². The molecule has 0 amide bonds. The van der Waals surface area contributed by atoms with E-state index >= 15 is 0 Å². The molecule has 2 nitrogen and oxygen atoms in total. The lowest BCUT2D eigenvalue weighted by Gasteiger charge is -1.95. The fourth-order valence-electron chi connectivity index (χ4n) is 0.722. The van der Waals surface area contributed by atoms with Crippen molar-refractivity contribution < 1.29 is 8.42 Å². The van der Waals surface area contributed by atoms with Gasteiger partial charge < -0.3 is 0 Å². The van der Waals surface area contributed by atoms with Crippen molar-refractivity contribution in [3.8, 4) is 0 Å². The van der Waals surface area contributed by atoms with Crippen LogP contribution in [0.15, 0.2) is 22.1 Å². The molecule has 10 heavy (non-hydrogen) atoms. The summed E-state index contributed by atoms with van der Waals surface area (Å²) < 4.78 is 21.6. The molecule has 0 aromatic carbocycles. The van der Waals surface area contributed by atoms with Gasteiger partial charge in [-0.15, -0.1) is 0 Å². The van der Waals surface area contributed by atoms with Crippen molar-refractivity contribution in [2.75, 3.05) is 6.26 Å². The maximum absolute atomic E-state index is 10.8. The molecule has 0 aliphatic heterocycles. The van der Waals surface area contributed by atoms with Crippen LogP contribution < -0.4 is 0 Å². The summed E-state index contributed by atoms with van der Waals surface area (Å²) in [6.07, 6.45) is 4.69. The molecule has 0 spiro atoms. The third kappa shape index (κ3) is 1.61. The summed E-state index contributed by atoms with van der Waals surface area (Å²) in [5.74, 6) is 0. The normalized spacial score (nSPS) is 18.6. The van der Waals surface area contributed by atoms with Gasteiger partial charge in [0.25, 0.3) is 0 Å². The maximum Gasteiger partial charge on any atom is 0.172 e. The second-order valence-electron chi connectivity index (χ2n) is 2.20. The summed E-state index contributed by atoms with van der Waals surface area (Å²) in [6.45, 7) is 0. The predicted molar refractivity (Wildman–Crippen MR) is 41.5 cm³/mol. The number of halogens is 1. The minimum Gasteiger partial charge on any atom is -0.224 e. The van der Waals surface area contributed by atoms with Gasteiger partial charge in [0.15, 0.2) is 9.84 Å². The molecule has 0 radical (unpaired) electrons. The highest BCUT2D eigenvalue weighted by Gasteiger charge is 2.15. The van der Waals surface area contributed by atoms with Gasteiger partial charge in [0, 0.05) is 22.6 Å². The van der Waals surface area contributed by atoms with Crippen molar-refractivity contribution in [1.82, 2.24) is 0 Å². The first-order chi connectivity index (χ1) is 4.50. The molecule has 56 valence electrons. The Labute approximate surface area is 65.1 Å². The molecule has 4 heteroatoms. The Morgan fingerprint density at radius 2 is 2.10 bits per heavy atom. The van der Waals surface area contributed by atoms with E-state index in [2.05, 4.69) is 0 Å². The molecule has 0 heterocycles. The van der Waals surface area contributed by atoms with Gasteiger partial charge in [-0.3, -0.25) is 0 Å². The third-order valence-corrected chi connectivity index (χ3v) is 2.76. The van der Waals surface area contributed by atoms with E-state index in [-0.39, 0.29) is 0 Å². The van der Waals surface area contributed by atoms with E-state index in [0.717, 1.165) is 0 Å². The Kier molecular flexibility index (Phi) is 1.88. The van der Waals surface area contributed by atoms with Gasteiger partial charge in [-0.1, -0.05) is 11.6 Å². The monoisotopic (exact) mass is 178 g/mol. The Morgan fingerprint density at radius 3 is 2.30 bits per heavy atom. The summed E-state index contributed by atoms with van der Waals surface area (Å²) >= 11 is 5.56. The van der Waals surface area contributed by atoms with Crippen LogP contribution in [0.25, 0.3) is 0 Å². The van der Waals surface area contributed by atoms with Crippen LogP contribution in [0.1, 0.15) is 6.42 Å². The van der Waals surface area contributed by atoms with Crippen LogP contribution in [0.3, 0.4) is 0 Å². The Hall–Kier alpha value is -0.280. The molecule has 0 fully saturated rings. The van der Waals surface area contributed by atoms with Gasteiger partial charge in [-0.2, -0.15) is 0 Å². The van der Waals surface area contributed by atoms with Gasteiger partial charge in [0.2, 0.25) is 0 Å². The highest BCUT2D eigenvalue weighted by atomic mass is 35.5. The summed E-state index contributed by atoms with van der Waals surface area (Å²) in [5, 5.41) is 0.584. The zero-order valence-corrected chi connectivity index (χ0v) is 7.04. The lowest BCUT2D eigenvalue weighted by Crippen LogP contribution is -1.98. The van der Waals surface area contributed by atoms with E-state index < -0.39 is 9.84 Å². The fraction of sp³-hybridized carbons (Fsp3) is 0.333. The van der Waals surface area contributed by atoms with Crippen LogP contribution in [0, 0.1) is 0 Å². The van der Waals surface area contributed by atoms with E-state index in [4.69, 9.17) is 11.6 Å². The number of hydrogen-bond donors (Lipinski definition) is 0. The second kappa shape index (κ2) is 2.40. The van der Waals surface area contributed by atoms with E-state index in [1.165, 1.54) is 12.3 Å². The molecule has 0 unspecified atom stereocenters. The maximum atomic E-state index is 10.8. The first kappa shape index (κ1) is 7.82. The number of hydrogen-bond acceptors (Lipinski definition) is 2. The smallest absolute Gasteiger partial charge is 0.172 e. The van der Waals surface area contributed by atoms with Crippen LogP contribution in [0.2, 0.25) is 0 Å². The molecule has 0 N–H and O–H groups in total. The quantitative estimate of drug-likeness (QED) is 0.609. The zero-order valence-electron chi connectivity index (χ0n) is 5.46. The van der Waals surface area contributed by atoms with Crippen LogP contribution in [0.4, 0.5) is 0 Å². The molecule has 1 rings (SSSR count). The minimum absolute atomic E-state index is 0.361. The average Bonchev–Trinajstić information content (AvgIpc) is 2.11. The number of allylic oxidation sites excluding steroid dienone is 4. The van der Waals surface area contributed by atoms with Gasteiger partial charge >= 0.3 is 0 Å². The van der Waals surface area contributed by atoms with E-state index in [1.807, 2.05) is 0 Å². The van der Waals surface area contributed by atoms with Crippen molar-refractivity contribution in [1.29, 1.82) is 0 Å². The van der Waals surface area contributed by atoms with Crippen molar-refractivity contribution in [3.05, 3.63) is 22.1 Å². The number of rotatable bonds is 1. The zero-order chi connectivity index (χ0) is 7.78. The highest BCUT2D eigenvalue weighted by molar-refractivity contribution is 7.94. The Balaban J connectivity index is 2.87. The Bertz CT molecular complexity index is 298.